The molecule has 3 rings (SSSR count). The molecule has 0 spiro atoms. The summed E-state index contributed by atoms with van der Waals surface area (Å²) < 4.78 is 5.36. The average Bonchev–Trinajstić information content (AvgIpc) is 3.10. The van der Waals surface area contributed by atoms with E-state index in [4.69, 9.17) is 4.74 Å². The standard InChI is InChI=1S/C17H21N3O2S/c21-17(18-6-5-15-12-23-13-19-15)11-14-1-3-16(4-2-14)20-7-9-22-10-8-20/h1-4,12-13H,5-11H2,(H,18,21). The molecule has 0 aliphatic carbocycles. The predicted octanol–water partition coefficient (Wildman–Crippen LogP) is 1.88. The maximum Gasteiger partial charge on any atom is 0.224 e. The third kappa shape index (κ3) is 4.77. The van der Waals surface area contributed by atoms with Crippen molar-refractivity contribution in [3.63, 3.8) is 0 Å². The van der Waals surface area contributed by atoms with Gasteiger partial charge in [0.15, 0.2) is 0 Å². The van der Waals surface area contributed by atoms with Crippen molar-refractivity contribution in [3.05, 3.63) is 46.4 Å². The number of morpholine rings is 1. The number of hydrogen-bond donors (Lipinski definition) is 1. The number of nitrogens with zero attached hydrogens (tertiary/aromatic N) is 2. The molecule has 5 nitrogen and oxygen atoms in total. The molecular formula is C17H21N3O2S. The van der Waals surface area contributed by atoms with Gasteiger partial charge in [-0.15, -0.1) is 11.3 Å². The van der Waals surface area contributed by atoms with Crippen molar-refractivity contribution in [2.24, 2.45) is 0 Å². The molecule has 1 aliphatic rings. The lowest BCUT2D eigenvalue weighted by atomic mass is 10.1. The monoisotopic (exact) mass is 331 g/mol. The molecule has 0 saturated carbocycles. The van der Waals surface area contributed by atoms with Crippen molar-refractivity contribution < 1.29 is 9.53 Å². The van der Waals surface area contributed by atoms with Gasteiger partial charge in [-0.1, -0.05) is 12.1 Å². The van der Waals surface area contributed by atoms with Gasteiger partial charge in [0.25, 0.3) is 0 Å². The molecule has 0 atom stereocenters. The van der Waals surface area contributed by atoms with E-state index in [1.54, 1.807) is 11.3 Å². The first-order chi connectivity index (χ1) is 11.3. The Morgan fingerprint density at radius 2 is 2.04 bits per heavy atom. The summed E-state index contributed by atoms with van der Waals surface area (Å²) >= 11 is 1.58. The lowest BCUT2D eigenvalue weighted by Crippen LogP contribution is -2.36. The van der Waals surface area contributed by atoms with Gasteiger partial charge in [0.1, 0.15) is 0 Å². The molecule has 1 N–H and O–H groups in total. The summed E-state index contributed by atoms with van der Waals surface area (Å²) in [4.78, 5) is 18.5. The summed E-state index contributed by atoms with van der Waals surface area (Å²) in [6.45, 7) is 4.05. The van der Waals surface area contributed by atoms with Crippen LogP contribution in [0.3, 0.4) is 0 Å². The Hall–Kier alpha value is -1.92. The SMILES string of the molecule is O=C(Cc1ccc(N2CCOCC2)cc1)NCCc1cscn1. The molecule has 1 saturated heterocycles. The Morgan fingerprint density at radius 3 is 2.74 bits per heavy atom. The average molecular weight is 331 g/mol. The van der Waals surface area contributed by atoms with Crippen molar-refractivity contribution in [2.75, 3.05) is 37.7 Å². The molecule has 1 aliphatic heterocycles. The van der Waals surface area contributed by atoms with E-state index in [-0.39, 0.29) is 5.91 Å². The number of thiazole rings is 1. The summed E-state index contributed by atoms with van der Waals surface area (Å²) in [5.41, 5.74) is 5.08. The zero-order valence-corrected chi connectivity index (χ0v) is 13.8. The lowest BCUT2D eigenvalue weighted by molar-refractivity contribution is -0.120. The smallest absolute Gasteiger partial charge is 0.224 e. The quantitative estimate of drug-likeness (QED) is 0.878. The van der Waals surface area contributed by atoms with E-state index in [0.29, 0.717) is 13.0 Å². The summed E-state index contributed by atoms with van der Waals surface area (Å²) in [7, 11) is 0. The zero-order chi connectivity index (χ0) is 15.9. The third-order valence-corrected chi connectivity index (χ3v) is 4.50. The van der Waals surface area contributed by atoms with Crippen LogP contribution in [0.25, 0.3) is 0 Å². The van der Waals surface area contributed by atoms with Crippen molar-refractivity contribution in [1.82, 2.24) is 10.3 Å². The number of hydrogen-bond acceptors (Lipinski definition) is 5. The van der Waals surface area contributed by atoms with Crippen molar-refractivity contribution in [1.29, 1.82) is 0 Å². The highest BCUT2D eigenvalue weighted by Crippen LogP contribution is 2.16. The molecule has 1 fully saturated rings. The van der Waals surface area contributed by atoms with Crippen LogP contribution in [0.15, 0.2) is 35.2 Å². The minimum atomic E-state index is 0.0550. The van der Waals surface area contributed by atoms with Gasteiger partial charge in [0.2, 0.25) is 5.91 Å². The highest BCUT2D eigenvalue weighted by Gasteiger charge is 2.11. The number of anilines is 1. The number of aromatic nitrogens is 1. The van der Waals surface area contributed by atoms with Crippen molar-refractivity contribution in [2.45, 2.75) is 12.8 Å². The predicted molar refractivity (Wildman–Crippen MR) is 92.0 cm³/mol. The molecule has 2 heterocycles. The Bertz CT molecular complexity index is 607. The number of carbonyl (C=O) groups excluding carboxylic acids is 1. The van der Waals surface area contributed by atoms with E-state index in [0.717, 1.165) is 44.0 Å². The minimum absolute atomic E-state index is 0.0550. The summed E-state index contributed by atoms with van der Waals surface area (Å²) in [5.74, 6) is 0.0550. The van der Waals surface area contributed by atoms with Crippen LogP contribution in [0.1, 0.15) is 11.3 Å². The Morgan fingerprint density at radius 1 is 1.26 bits per heavy atom. The van der Waals surface area contributed by atoms with Crippen LogP contribution in [-0.4, -0.2) is 43.7 Å². The van der Waals surface area contributed by atoms with Crippen LogP contribution in [0, 0.1) is 0 Å². The molecule has 1 aromatic carbocycles. The van der Waals surface area contributed by atoms with Gasteiger partial charge in [0, 0.05) is 37.1 Å². The van der Waals surface area contributed by atoms with E-state index < -0.39 is 0 Å². The van der Waals surface area contributed by atoms with E-state index in [9.17, 15) is 4.79 Å². The fraction of sp³-hybridized carbons (Fsp3) is 0.412. The molecule has 0 bridgehead atoms. The van der Waals surface area contributed by atoms with E-state index in [1.807, 2.05) is 23.0 Å². The van der Waals surface area contributed by atoms with Crippen LogP contribution in [0.2, 0.25) is 0 Å². The largest absolute Gasteiger partial charge is 0.378 e. The molecule has 122 valence electrons. The summed E-state index contributed by atoms with van der Waals surface area (Å²) in [6, 6.07) is 8.24. The lowest BCUT2D eigenvalue weighted by Gasteiger charge is -2.28. The fourth-order valence-electron chi connectivity index (χ4n) is 2.59. The molecular weight excluding hydrogens is 310 g/mol. The Labute approximate surface area is 140 Å². The zero-order valence-electron chi connectivity index (χ0n) is 13.0. The van der Waals surface area contributed by atoms with Gasteiger partial charge in [-0.25, -0.2) is 4.98 Å². The molecule has 1 amide bonds. The second-order valence-corrected chi connectivity index (χ2v) is 6.24. The van der Waals surface area contributed by atoms with Gasteiger partial charge in [-0.2, -0.15) is 0 Å². The van der Waals surface area contributed by atoms with Crippen LogP contribution in [0.4, 0.5) is 5.69 Å². The molecule has 0 radical (unpaired) electrons. The second-order valence-electron chi connectivity index (χ2n) is 5.52. The first-order valence-electron chi connectivity index (χ1n) is 7.87. The minimum Gasteiger partial charge on any atom is -0.378 e. The fourth-order valence-corrected chi connectivity index (χ4v) is 3.18. The first-order valence-corrected chi connectivity index (χ1v) is 8.81. The number of amides is 1. The molecule has 6 heteroatoms. The van der Waals surface area contributed by atoms with E-state index in [1.165, 1.54) is 5.69 Å². The number of carbonyl (C=O) groups is 1. The maximum atomic E-state index is 12.0. The van der Waals surface area contributed by atoms with Gasteiger partial charge in [0.05, 0.1) is 30.8 Å². The summed E-state index contributed by atoms with van der Waals surface area (Å²) in [6.07, 6.45) is 1.20. The molecule has 0 unspecified atom stereocenters. The Balaban J connectivity index is 1.44. The van der Waals surface area contributed by atoms with Gasteiger partial charge in [-0.05, 0) is 17.7 Å². The van der Waals surface area contributed by atoms with Crippen molar-refractivity contribution in [3.8, 4) is 0 Å². The normalized spacial score (nSPS) is 14.7. The van der Waals surface area contributed by atoms with Crippen LogP contribution >= 0.6 is 11.3 Å². The van der Waals surface area contributed by atoms with Crippen LogP contribution in [0.5, 0.6) is 0 Å². The Kier molecular flexibility index (Phi) is 5.60. The maximum absolute atomic E-state index is 12.0. The highest BCUT2D eigenvalue weighted by molar-refractivity contribution is 7.07. The second kappa shape index (κ2) is 8.08. The van der Waals surface area contributed by atoms with Gasteiger partial charge < -0.3 is 15.0 Å². The number of benzene rings is 1. The summed E-state index contributed by atoms with van der Waals surface area (Å²) in [5, 5.41) is 4.96. The number of rotatable bonds is 6. The van der Waals surface area contributed by atoms with Crippen LogP contribution < -0.4 is 10.2 Å². The first kappa shape index (κ1) is 16.0. The van der Waals surface area contributed by atoms with Gasteiger partial charge >= 0.3 is 0 Å². The molecule has 23 heavy (non-hydrogen) atoms. The molecule has 1 aromatic heterocycles. The van der Waals surface area contributed by atoms with E-state index >= 15 is 0 Å². The van der Waals surface area contributed by atoms with Gasteiger partial charge in [-0.3, -0.25) is 4.79 Å². The van der Waals surface area contributed by atoms with E-state index in [2.05, 4.69) is 27.3 Å². The third-order valence-electron chi connectivity index (χ3n) is 3.86. The van der Waals surface area contributed by atoms with Crippen molar-refractivity contribution >= 4 is 22.9 Å². The van der Waals surface area contributed by atoms with Crippen LogP contribution in [-0.2, 0) is 22.4 Å². The highest BCUT2D eigenvalue weighted by atomic mass is 32.1. The molecule has 2 aromatic rings. The number of ether oxygens (including phenoxy) is 1. The number of nitrogens with one attached hydrogen (secondary N) is 1. The topological polar surface area (TPSA) is 54.5 Å².